The van der Waals surface area contributed by atoms with Crippen LogP contribution in [0.1, 0.15) is 17.5 Å². The van der Waals surface area contributed by atoms with Gasteiger partial charge >= 0.3 is 5.97 Å². The molecule has 3 heteroatoms. The summed E-state index contributed by atoms with van der Waals surface area (Å²) in [6.07, 6.45) is 2.75. The first-order valence-corrected chi connectivity index (χ1v) is 4.95. The summed E-state index contributed by atoms with van der Waals surface area (Å²) < 4.78 is 0. The van der Waals surface area contributed by atoms with E-state index < -0.39 is 5.97 Å². The molecule has 1 aromatic carbocycles. The molecule has 0 unspecified atom stereocenters. The maximum Gasteiger partial charge on any atom is 0.303 e. The number of carbonyl (C=O) groups is 1. The molecule has 0 saturated heterocycles. The van der Waals surface area contributed by atoms with Crippen LogP contribution in [0.3, 0.4) is 0 Å². The molecule has 2 rings (SSSR count). The van der Waals surface area contributed by atoms with Gasteiger partial charge in [-0.05, 0) is 36.6 Å². The molecule has 1 heterocycles. The number of fused-ring (bicyclic) bond motifs is 1. The molecule has 2 N–H and O–H groups in total. The highest BCUT2D eigenvalue weighted by Gasteiger charge is 2.03. The SMILES string of the molecule is Cc1c[nH]c2ccc(CCC(=O)O)cc12. The van der Waals surface area contributed by atoms with E-state index in [1.54, 1.807) is 0 Å². The molecule has 78 valence electrons. The first-order valence-electron chi connectivity index (χ1n) is 4.95. The lowest BCUT2D eigenvalue weighted by molar-refractivity contribution is -0.136. The largest absolute Gasteiger partial charge is 0.481 e. The zero-order chi connectivity index (χ0) is 10.8. The van der Waals surface area contributed by atoms with Crippen molar-refractivity contribution in [1.29, 1.82) is 0 Å². The zero-order valence-corrected chi connectivity index (χ0v) is 8.58. The minimum Gasteiger partial charge on any atom is -0.481 e. The zero-order valence-electron chi connectivity index (χ0n) is 8.58. The van der Waals surface area contributed by atoms with Gasteiger partial charge in [-0.3, -0.25) is 4.79 Å². The summed E-state index contributed by atoms with van der Waals surface area (Å²) in [6.45, 7) is 2.04. The topological polar surface area (TPSA) is 53.1 Å². The second kappa shape index (κ2) is 3.77. The number of aliphatic carboxylic acids is 1. The third-order valence-electron chi connectivity index (χ3n) is 2.58. The molecular formula is C12H13NO2. The van der Waals surface area contributed by atoms with Crippen LogP contribution in [0.25, 0.3) is 10.9 Å². The van der Waals surface area contributed by atoms with Crippen molar-refractivity contribution in [1.82, 2.24) is 4.98 Å². The van der Waals surface area contributed by atoms with Crippen molar-refractivity contribution in [3.05, 3.63) is 35.5 Å². The van der Waals surface area contributed by atoms with Crippen molar-refractivity contribution >= 4 is 16.9 Å². The quantitative estimate of drug-likeness (QED) is 0.805. The molecule has 0 radical (unpaired) electrons. The van der Waals surface area contributed by atoms with E-state index in [1.165, 1.54) is 10.9 Å². The van der Waals surface area contributed by atoms with Gasteiger partial charge in [0.2, 0.25) is 0 Å². The number of nitrogens with one attached hydrogen (secondary N) is 1. The maximum atomic E-state index is 10.4. The number of aromatic nitrogens is 1. The van der Waals surface area contributed by atoms with E-state index in [-0.39, 0.29) is 6.42 Å². The Morgan fingerprint density at radius 1 is 1.47 bits per heavy atom. The van der Waals surface area contributed by atoms with Crippen LogP contribution in [-0.4, -0.2) is 16.1 Å². The number of hydrogen-bond acceptors (Lipinski definition) is 1. The summed E-state index contributed by atoms with van der Waals surface area (Å²) in [5.74, 6) is -0.749. The molecule has 0 bridgehead atoms. The van der Waals surface area contributed by atoms with Gasteiger partial charge in [-0.25, -0.2) is 0 Å². The molecule has 2 aromatic rings. The van der Waals surface area contributed by atoms with Gasteiger partial charge in [0.15, 0.2) is 0 Å². The van der Waals surface area contributed by atoms with Crippen LogP contribution in [0, 0.1) is 6.92 Å². The molecule has 0 spiro atoms. The molecule has 0 amide bonds. The predicted molar refractivity (Wildman–Crippen MR) is 59.0 cm³/mol. The van der Waals surface area contributed by atoms with E-state index in [1.807, 2.05) is 25.3 Å². The minimum absolute atomic E-state index is 0.189. The number of hydrogen-bond donors (Lipinski definition) is 2. The number of H-pyrrole nitrogens is 1. The van der Waals surface area contributed by atoms with E-state index in [2.05, 4.69) is 11.1 Å². The second-order valence-corrected chi connectivity index (χ2v) is 3.75. The Morgan fingerprint density at radius 3 is 3.00 bits per heavy atom. The van der Waals surface area contributed by atoms with Crippen LogP contribution in [0.2, 0.25) is 0 Å². The number of rotatable bonds is 3. The lowest BCUT2D eigenvalue weighted by atomic mass is 10.1. The molecule has 0 atom stereocenters. The molecule has 0 aliphatic carbocycles. The maximum absolute atomic E-state index is 10.4. The lowest BCUT2D eigenvalue weighted by Gasteiger charge is -1.99. The average molecular weight is 203 g/mol. The van der Waals surface area contributed by atoms with Crippen LogP contribution in [0.4, 0.5) is 0 Å². The van der Waals surface area contributed by atoms with Crippen molar-refractivity contribution in [3.8, 4) is 0 Å². The number of carboxylic acids is 1. The Labute approximate surface area is 87.7 Å². The first kappa shape index (κ1) is 9.77. The van der Waals surface area contributed by atoms with Gasteiger partial charge in [-0.15, -0.1) is 0 Å². The van der Waals surface area contributed by atoms with Crippen LogP contribution < -0.4 is 0 Å². The average Bonchev–Trinajstić information content (AvgIpc) is 2.57. The molecule has 0 saturated carbocycles. The predicted octanol–water partition coefficient (Wildman–Crippen LogP) is 2.49. The molecular weight excluding hydrogens is 190 g/mol. The van der Waals surface area contributed by atoms with E-state index in [0.29, 0.717) is 6.42 Å². The molecule has 0 fully saturated rings. The van der Waals surface area contributed by atoms with Crippen molar-refractivity contribution < 1.29 is 9.90 Å². The summed E-state index contributed by atoms with van der Waals surface area (Å²) >= 11 is 0. The summed E-state index contributed by atoms with van der Waals surface area (Å²) in [7, 11) is 0. The Morgan fingerprint density at radius 2 is 2.27 bits per heavy atom. The lowest BCUT2D eigenvalue weighted by Crippen LogP contribution is -1.97. The second-order valence-electron chi connectivity index (χ2n) is 3.75. The van der Waals surface area contributed by atoms with Crippen LogP contribution >= 0.6 is 0 Å². The molecule has 1 aromatic heterocycles. The minimum atomic E-state index is -0.749. The highest BCUT2D eigenvalue weighted by atomic mass is 16.4. The Hall–Kier alpha value is -1.77. The van der Waals surface area contributed by atoms with Crippen LogP contribution in [0.5, 0.6) is 0 Å². The number of aryl methyl sites for hydroxylation is 2. The Kier molecular flexibility index (Phi) is 2.46. The summed E-state index contributed by atoms with van der Waals surface area (Å²) in [5, 5.41) is 9.78. The van der Waals surface area contributed by atoms with Crippen molar-refractivity contribution in [2.75, 3.05) is 0 Å². The number of benzene rings is 1. The van der Waals surface area contributed by atoms with Gasteiger partial charge in [0, 0.05) is 23.5 Å². The van der Waals surface area contributed by atoms with Crippen molar-refractivity contribution in [2.24, 2.45) is 0 Å². The van der Waals surface area contributed by atoms with Crippen LogP contribution in [0.15, 0.2) is 24.4 Å². The van der Waals surface area contributed by atoms with Gasteiger partial charge in [0.25, 0.3) is 0 Å². The van der Waals surface area contributed by atoms with Gasteiger partial charge in [-0.1, -0.05) is 6.07 Å². The summed E-state index contributed by atoms with van der Waals surface area (Å²) in [4.78, 5) is 13.6. The molecule has 3 nitrogen and oxygen atoms in total. The highest BCUT2D eigenvalue weighted by molar-refractivity contribution is 5.83. The third-order valence-corrected chi connectivity index (χ3v) is 2.58. The van der Waals surface area contributed by atoms with Gasteiger partial charge in [0.05, 0.1) is 0 Å². The highest BCUT2D eigenvalue weighted by Crippen LogP contribution is 2.19. The Bertz CT molecular complexity index is 499. The smallest absolute Gasteiger partial charge is 0.303 e. The first-order chi connectivity index (χ1) is 7.16. The van der Waals surface area contributed by atoms with E-state index >= 15 is 0 Å². The fraction of sp³-hybridized carbons (Fsp3) is 0.250. The molecule has 0 aliphatic rings. The van der Waals surface area contributed by atoms with Gasteiger partial charge in [-0.2, -0.15) is 0 Å². The van der Waals surface area contributed by atoms with Crippen molar-refractivity contribution in [3.63, 3.8) is 0 Å². The fourth-order valence-electron chi connectivity index (χ4n) is 1.71. The molecule has 0 aliphatic heterocycles. The fourth-order valence-corrected chi connectivity index (χ4v) is 1.71. The summed E-state index contributed by atoms with van der Waals surface area (Å²) in [5.41, 5.74) is 3.38. The monoisotopic (exact) mass is 203 g/mol. The van der Waals surface area contributed by atoms with Crippen molar-refractivity contribution in [2.45, 2.75) is 19.8 Å². The Balaban J connectivity index is 2.29. The van der Waals surface area contributed by atoms with Gasteiger partial charge < -0.3 is 10.1 Å². The standard InChI is InChI=1S/C12H13NO2/c1-8-7-13-11-4-2-9(6-10(8)11)3-5-12(14)15/h2,4,6-7,13H,3,5H2,1H3,(H,14,15). The van der Waals surface area contributed by atoms with Crippen LogP contribution in [-0.2, 0) is 11.2 Å². The van der Waals surface area contributed by atoms with E-state index in [0.717, 1.165) is 11.1 Å². The van der Waals surface area contributed by atoms with Gasteiger partial charge in [0.1, 0.15) is 0 Å². The van der Waals surface area contributed by atoms with E-state index in [4.69, 9.17) is 5.11 Å². The number of aromatic amines is 1. The number of carboxylic acid groups (broad SMARTS) is 1. The molecule has 15 heavy (non-hydrogen) atoms. The third kappa shape index (κ3) is 2.01. The summed E-state index contributed by atoms with van der Waals surface area (Å²) in [6, 6.07) is 6.03. The normalized spacial score (nSPS) is 10.7. The van der Waals surface area contributed by atoms with E-state index in [9.17, 15) is 4.79 Å².